The van der Waals surface area contributed by atoms with Crippen molar-refractivity contribution in [2.75, 3.05) is 0 Å². The van der Waals surface area contributed by atoms with Gasteiger partial charge in [-0.05, 0) is 30.5 Å². The van der Waals surface area contributed by atoms with Gasteiger partial charge in [0.2, 0.25) is 0 Å². The summed E-state index contributed by atoms with van der Waals surface area (Å²) in [6.07, 6.45) is 0. The summed E-state index contributed by atoms with van der Waals surface area (Å²) in [5.74, 6) is 0.542. The molecular formula is C10H6Cl2O2. The van der Waals surface area contributed by atoms with Gasteiger partial charge in [-0.15, -0.1) is 0 Å². The zero-order valence-electron chi connectivity index (χ0n) is 7.30. The quantitative estimate of drug-likeness (QED) is 0.692. The number of aryl methyl sites for hydroxylation is 1. The van der Waals surface area contributed by atoms with Gasteiger partial charge in [0.05, 0.1) is 10.4 Å². The largest absolute Gasteiger partial charge is 0.428 e. The van der Waals surface area contributed by atoms with Crippen LogP contribution in [0.4, 0.5) is 0 Å². The van der Waals surface area contributed by atoms with E-state index in [1.807, 2.05) is 0 Å². The van der Waals surface area contributed by atoms with Crippen molar-refractivity contribution in [3.63, 3.8) is 0 Å². The van der Waals surface area contributed by atoms with Crippen molar-refractivity contribution in [3.05, 3.63) is 44.4 Å². The van der Waals surface area contributed by atoms with E-state index < -0.39 is 5.63 Å². The highest BCUT2D eigenvalue weighted by Crippen LogP contribution is 2.25. The Kier molecular flexibility index (Phi) is 2.25. The first-order valence-electron chi connectivity index (χ1n) is 3.97. The Hall–Kier alpha value is -0.990. The molecule has 2 aromatic rings. The molecule has 0 atom stereocenters. The minimum atomic E-state index is -0.429. The van der Waals surface area contributed by atoms with Crippen molar-refractivity contribution in [1.29, 1.82) is 0 Å². The third kappa shape index (κ3) is 1.51. The molecule has 0 radical (unpaired) electrons. The van der Waals surface area contributed by atoms with Crippen LogP contribution in [-0.2, 0) is 0 Å². The molecular weight excluding hydrogens is 223 g/mol. The molecule has 0 aliphatic heterocycles. The lowest BCUT2D eigenvalue weighted by Crippen LogP contribution is -2.00. The average Bonchev–Trinajstić information content (AvgIpc) is 1.99. The van der Waals surface area contributed by atoms with Crippen LogP contribution in [0.25, 0.3) is 10.8 Å². The highest BCUT2D eigenvalue weighted by atomic mass is 35.5. The Labute approximate surface area is 90.1 Å². The molecule has 0 saturated heterocycles. The molecule has 0 aliphatic carbocycles. The van der Waals surface area contributed by atoms with E-state index in [4.69, 9.17) is 27.6 Å². The van der Waals surface area contributed by atoms with Gasteiger partial charge in [-0.3, -0.25) is 0 Å². The molecule has 2 rings (SSSR count). The predicted molar refractivity (Wildman–Crippen MR) is 57.2 cm³/mol. The average molecular weight is 229 g/mol. The summed E-state index contributed by atoms with van der Waals surface area (Å²) in [5, 5.41) is 1.91. The van der Waals surface area contributed by atoms with Crippen LogP contribution in [0.15, 0.2) is 27.4 Å². The molecule has 2 nitrogen and oxygen atoms in total. The maximum absolute atomic E-state index is 11.4. The molecule has 0 N–H and O–H groups in total. The predicted octanol–water partition coefficient (Wildman–Crippen LogP) is 3.41. The van der Waals surface area contributed by atoms with Crippen LogP contribution < -0.4 is 5.63 Å². The summed E-state index contributed by atoms with van der Waals surface area (Å²) in [7, 11) is 0. The topological polar surface area (TPSA) is 30.2 Å². The standard InChI is InChI=1S/C10H6Cl2O2/c1-5-2-6-3-7(11)4-8(12)9(6)10(13)14-5/h2-4H,1H3. The summed E-state index contributed by atoms with van der Waals surface area (Å²) in [4.78, 5) is 11.4. The maximum atomic E-state index is 11.4. The van der Waals surface area contributed by atoms with Crippen LogP contribution in [0.1, 0.15) is 5.76 Å². The van der Waals surface area contributed by atoms with E-state index in [1.165, 1.54) is 6.07 Å². The van der Waals surface area contributed by atoms with Crippen LogP contribution >= 0.6 is 23.2 Å². The van der Waals surface area contributed by atoms with Gasteiger partial charge in [0.15, 0.2) is 0 Å². The van der Waals surface area contributed by atoms with Gasteiger partial charge in [0.25, 0.3) is 0 Å². The summed E-state index contributed by atoms with van der Waals surface area (Å²) >= 11 is 11.7. The molecule has 0 bridgehead atoms. The fourth-order valence-electron chi connectivity index (χ4n) is 1.37. The molecule has 0 amide bonds. The molecule has 0 fully saturated rings. The van der Waals surface area contributed by atoms with Gasteiger partial charge < -0.3 is 4.42 Å². The van der Waals surface area contributed by atoms with Gasteiger partial charge >= 0.3 is 5.63 Å². The number of rotatable bonds is 0. The summed E-state index contributed by atoms with van der Waals surface area (Å²) in [6, 6.07) is 4.94. The van der Waals surface area contributed by atoms with Crippen LogP contribution in [0.5, 0.6) is 0 Å². The lowest BCUT2D eigenvalue weighted by atomic mass is 10.2. The minimum absolute atomic E-state index is 0.321. The Morgan fingerprint density at radius 2 is 1.93 bits per heavy atom. The Morgan fingerprint density at radius 3 is 2.64 bits per heavy atom. The third-order valence-corrected chi connectivity index (χ3v) is 2.42. The number of hydrogen-bond acceptors (Lipinski definition) is 2. The minimum Gasteiger partial charge on any atom is -0.428 e. The summed E-state index contributed by atoms with van der Waals surface area (Å²) in [6.45, 7) is 1.70. The second-order valence-corrected chi connectivity index (χ2v) is 3.84. The van der Waals surface area contributed by atoms with Gasteiger partial charge in [-0.2, -0.15) is 0 Å². The first-order valence-corrected chi connectivity index (χ1v) is 4.73. The van der Waals surface area contributed by atoms with Gasteiger partial charge in [0, 0.05) is 5.02 Å². The molecule has 1 aromatic carbocycles. The third-order valence-electron chi connectivity index (χ3n) is 1.90. The monoisotopic (exact) mass is 228 g/mol. The van der Waals surface area contributed by atoms with E-state index in [-0.39, 0.29) is 0 Å². The first kappa shape index (κ1) is 9.56. The fourth-order valence-corrected chi connectivity index (χ4v) is 1.95. The van der Waals surface area contributed by atoms with Crippen LogP contribution in [0.3, 0.4) is 0 Å². The van der Waals surface area contributed by atoms with Crippen LogP contribution in [0.2, 0.25) is 10.0 Å². The van der Waals surface area contributed by atoms with Crippen molar-refractivity contribution in [3.8, 4) is 0 Å². The molecule has 0 saturated carbocycles. The van der Waals surface area contributed by atoms with Gasteiger partial charge in [-0.25, -0.2) is 4.79 Å². The summed E-state index contributed by atoms with van der Waals surface area (Å²) in [5.41, 5.74) is -0.429. The van der Waals surface area contributed by atoms with Gasteiger partial charge in [-0.1, -0.05) is 23.2 Å². The molecule has 4 heteroatoms. The molecule has 1 aromatic heterocycles. The number of halogens is 2. The zero-order chi connectivity index (χ0) is 10.3. The Balaban J connectivity index is 3.02. The van der Waals surface area contributed by atoms with Crippen LogP contribution in [-0.4, -0.2) is 0 Å². The Bertz CT molecular complexity index is 553. The molecule has 0 aliphatic rings. The van der Waals surface area contributed by atoms with E-state index in [2.05, 4.69) is 0 Å². The second-order valence-electron chi connectivity index (χ2n) is 3.00. The molecule has 0 spiro atoms. The fraction of sp³-hybridized carbons (Fsp3) is 0.100. The lowest BCUT2D eigenvalue weighted by Gasteiger charge is -2.00. The normalized spacial score (nSPS) is 10.8. The van der Waals surface area contributed by atoms with E-state index in [9.17, 15) is 4.79 Å². The smallest absolute Gasteiger partial charge is 0.345 e. The van der Waals surface area contributed by atoms with Crippen molar-refractivity contribution in [2.45, 2.75) is 6.92 Å². The maximum Gasteiger partial charge on any atom is 0.345 e. The molecule has 0 unspecified atom stereocenters. The molecule has 72 valence electrons. The SMILES string of the molecule is Cc1cc2cc(Cl)cc(Cl)c2c(=O)o1. The first-order chi connectivity index (χ1) is 6.58. The van der Waals surface area contributed by atoms with Crippen molar-refractivity contribution < 1.29 is 4.42 Å². The second kappa shape index (κ2) is 3.30. The van der Waals surface area contributed by atoms with Crippen LogP contribution in [0, 0.1) is 6.92 Å². The highest BCUT2D eigenvalue weighted by molar-refractivity contribution is 6.38. The Morgan fingerprint density at radius 1 is 1.21 bits per heavy atom. The highest BCUT2D eigenvalue weighted by Gasteiger charge is 2.07. The van der Waals surface area contributed by atoms with Crippen molar-refractivity contribution in [1.82, 2.24) is 0 Å². The molecule has 14 heavy (non-hydrogen) atoms. The van der Waals surface area contributed by atoms with E-state index in [0.29, 0.717) is 26.6 Å². The number of hydrogen-bond donors (Lipinski definition) is 0. The van der Waals surface area contributed by atoms with Crippen molar-refractivity contribution >= 4 is 34.0 Å². The van der Waals surface area contributed by atoms with E-state index in [1.54, 1.807) is 19.1 Å². The molecule has 1 heterocycles. The van der Waals surface area contributed by atoms with E-state index in [0.717, 1.165) is 0 Å². The summed E-state index contributed by atoms with van der Waals surface area (Å²) < 4.78 is 4.93. The zero-order valence-corrected chi connectivity index (χ0v) is 8.82. The lowest BCUT2D eigenvalue weighted by molar-refractivity contribution is 0.488. The van der Waals surface area contributed by atoms with Crippen molar-refractivity contribution in [2.24, 2.45) is 0 Å². The van der Waals surface area contributed by atoms with E-state index >= 15 is 0 Å². The number of fused-ring (bicyclic) bond motifs is 1. The van der Waals surface area contributed by atoms with Gasteiger partial charge in [0.1, 0.15) is 5.76 Å². The number of benzene rings is 1.